The summed E-state index contributed by atoms with van der Waals surface area (Å²) in [5.41, 5.74) is 2.18. The molecule has 0 aliphatic rings. The molecule has 2 N–H and O–H groups in total. The summed E-state index contributed by atoms with van der Waals surface area (Å²) in [5.74, 6) is 0.585. The lowest BCUT2D eigenvalue weighted by Gasteiger charge is -2.08. The standard InChI is InChI=1S/C19H20N2O4S/c1-13-3-4-14-12-15(19(22)21-18(14)11-13)9-10-20-26(23,24)17-7-5-16(25-2)6-8-17/h3-8,11-12,20H,9-10H2,1-2H3,(H,21,22). The van der Waals surface area contributed by atoms with Gasteiger partial charge in [0.1, 0.15) is 5.75 Å². The Kier molecular flexibility index (Phi) is 5.11. The first-order valence-corrected chi connectivity index (χ1v) is 9.64. The molecule has 26 heavy (non-hydrogen) atoms. The average molecular weight is 372 g/mol. The summed E-state index contributed by atoms with van der Waals surface area (Å²) >= 11 is 0. The molecule has 7 heteroatoms. The third kappa shape index (κ3) is 3.95. The van der Waals surface area contributed by atoms with Crippen LogP contribution in [0.15, 0.2) is 58.2 Å². The van der Waals surface area contributed by atoms with Crippen LogP contribution in [0.1, 0.15) is 11.1 Å². The molecule has 0 aliphatic carbocycles. The Labute approximate surface area is 151 Å². The van der Waals surface area contributed by atoms with E-state index < -0.39 is 10.0 Å². The Hall–Kier alpha value is -2.64. The summed E-state index contributed by atoms with van der Waals surface area (Å²) in [6.07, 6.45) is 0.300. The Bertz CT molecular complexity index is 1090. The summed E-state index contributed by atoms with van der Waals surface area (Å²) in [7, 11) is -2.12. The molecule has 1 heterocycles. The maximum absolute atomic E-state index is 12.3. The topological polar surface area (TPSA) is 88.3 Å². The molecule has 0 radical (unpaired) electrons. The fourth-order valence-electron chi connectivity index (χ4n) is 2.70. The molecule has 0 bridgehead atoms. The number of pyridine rings is 1. The first-order valence-electron chi connectivity index (χ1n) is 8.15. The van der Waals surface area contributed by atoms with Gasteiger partial charge >= 0.3 is 0 Å². The molecule has 3 rings (SSSR count). The van der Waals surface area contributed by atoms with Crippen molar-refractivity contribution in [2.75, 3.05) is 13.7 Å². The number of aryl methyl sites for hydroxylation is 1. The zero-order valence-electron chi connectivity index (χ0n) is 14.6. The van der Waals surface area contributed by atoms with Crippen LogP contribution in [0.5, 0.6) is 5.75 Å². The molecule has 136 valence electrons. The van der Waals surface area contributed by atoms with E-state index >= 15 is 0 Å². The molecule has 0 saturated heterocycles. The maximum atomic E-state index is 12.3. The summed E-state index contributed by atoms with van der Waals surface area (Å²) < 4.78 is 32.2. The van der Waals surface area contributed by atoms with Crippen molar-refractivity contribution < 1.29 is 13.2 Å². The van der Waals surface area contributed by atoms with Crippen molar-refractivity contribution in [3.8, 4) is 5.75 Å². The molecular weight excluding hydrogens is 352 g/mol. The maximum Gasteiger partial charge on any atom is 0.251 e. The van der Waals surface area contributed by atoms with Gasteiger partial charge in [-0.05, 0) is 60.7 Å². The number of methoxy groups -OCH3 is 1. The van der Waals surface area contributed by atoms with Crippen LogP contribution < -0.4 is 15.0 Å². The third-order valence-electron chi connectivity index (χ3n) is 4.13. The molecule has 0 amide bonds. The van der Waals surface area contributed by atoms with E-state index in [4.69, 9.17) is 4.74 Å². The molecule has 3 aromatic rings. The van der Waals surface area contributed by atoms with Crippen LogP contribution in [0, 0.1) is 6.92 Å². The second-order valence-electron chi connectivity index (χ2n) is 6.04. The summed E-state index contributed by atoms with van der Waals surface area (Å²) in [5, 5.41) is 0.920. The third-order valence-corrected chi connectivity index (χ3v) is 5.61. The molecule has 0 aliphatic heterocycles. The van der Waals surface area contributed by atoms with Crippen LogP contribution in [-0.4, -0.2) is 27.1 Å². The molecule has 0 spiro atoms. The largest absolute Gasteiger partial charge is 0.497 e. The molecule has 0 atom stereocenters. The fourth-order valence-corrected chi connectivity index (χ4v) is 3.74. The van der Waals surface area contributed by atoms with Crippen LogP contribution in [0.25, 0.3) is 10.9 Å². The van der Waals surface area contributed by atoms with Crippen molar-refractivity contribution in [3.05, 3.63) is 70.0 Å². The van der Waals surface area contributed by atoms with Gasteiger partial charge in [0.2, 0.25) is 10.0 Å². The number of hydrogen-bond acceptors (Lipinski definition) is 4. The number of aromatic nitrogens is 1. The Morgan fingerprint density at radius 1 is 1.08 bits per heavy atom. The van der Waals surface area contributed by atoms with E-state index in [0.717, 1.165) is 16.5 Å². The number of ether oxygens (including phenoxy) is 1. The number of benzene rings is 2. The minimum Gasteiger partial charge on any atom is -0.497 e. The van der Waals surface area contributed by atoms with E-state index in [1.165, 1.54) is 19.2 Å². The highest BCUT2D eigenvalue weighted by Gasteiger charge is 2.14. The van der Waals surface area contributed by atoms with E-state index in [-0.39, 0.29) is 17.0 Å². The highest BCUT2D eigenvalue weighted by atomic mass is 32.2. The molecule has 0 unspecified atom stereocenters. The van der Waals surface area contributed by atoms with E-state index in [2.05, 4.69) is 9.71 Å². The van der Waals surface area contributed by atoms with Crippen molar-refractivity contribution in [2.24, 2.45) is 0 Å². The second-order valence-corrected chi connectivity index (χ2v) is 7.80. The van der Waals surface area contributed by atoms with E-state index in [0.29, 0.717) is 17.7 Å². The van der Waals surface area contributed by atoms with Crippen LogP contribution in [0.3, 0.4) is 0 Å². The quantitative estimate of drug-likeness (QED) is 0.695. The predicted octanol–water partition coefficient (Wildman–Crippen LogP) is 2.37. The minimum atomic E-state index is -3.63. The molecule has 6 nitrogen and oxygen atoms in total. The van der Waals surface area contributed by atoms with E-state index in [1.54, 1.807) is 18.2 Å². The van der Waals surface area contributed by atoms with Crippen molar-refractivity contribution in [1.82, 2.24) is 9.71 Å². The Morgan fingerprint density at radius 3 is 2.50 bits per heavy atom. The zero-order valence-corrected chi connectivity index (χ0v) is 15.4. The highest BCUT2D eigenvalue weighted by Crippen LogP contribution is 2.16. The molecule has 1 aromatic heterocycles. The van der Waals surface area contributed by atoms with Gasteiger partial charge < -0.3 is 9.72 Å². The fraction of sp³-hybridized carbons (Fsp3) is 0.211. The van der Waals surface area contributed by atoms with Crippen LogP contribution in [0.4, 0.5) is 0 Å². The highest BCUT2D eigenvalue weighted by molar-refractivity contribution is 7.89. The van der Waals surface area contributed by atoms with Crippen molar-refractivity contribution in [2.45, 2.75) is 18.2 Å². The number of hydrogen-bond donors (Lipinski definition) is 2. The lowest BCUT2D eigenvalue weighted by Crippen LogP contribution is -2.27. The smallest absolute Gasteiger partial charge is 0.251 e. The molecule has 0 saturated carbocycles. The van der Waals surface area contributed by atoms with Crippen molar-refractivity contribution >= 4 is 20.9 Å². The van der Waals surface area contributed by atoms with Gasteiger partial charge in [-0.1, -0.05) is 12.1 Å². The number of aromatic amines is 1. The average Bonchev–Trinajstić information content (AvgIpc) is 2.62. The van der Waals surface area contributed by atoms with Gasteiger partial charge in [0.05, 0.1) is 12.0 Å². The summed E-state index contributed by atoms with van der Waals surface area (Å²) in [6.45, 7) is 2.09. The normalized spacial score (nSPS) is 11.6. The number of fused-ring (bicyclic) bond motifs is 1. The summed E-state index contributed by atoms with van der Waals surface area (Å²) in [6, 6.07) is 13.7. The van der Waals surface area contributed by atoms with Gasteiger partial charge in [-0.3, -0.25) is 4.79 Å². The Balaban J connectivity index is 1.72. The van der Waals surface area contributed by atoms with Gasteiger partial charge in [0.25, 0.3) is 5.56 Å². The van der Waals surface area contributed by atoms with E-state index in [9.17, 15) is 13.2 Å². The Morgan fingerprint density at radius 2 is 1.81 bits per heavy atom. The number of sulfonamides is 1. The van der Waals surface area contributed by atoms with Gasteiger partial charge in [-0.2, -0.15) is 0 Å². The minimum absolute atomic E-state index is 0.134. The van der Waals surface area contributed by atoms with Crippen molar-refractivity contribution in [3.63, 3.8) is 0 Å². The van der Waals surface area contributed by atoms with Crippen LogP contribution in [0.2, 0.25) is 0 Å². The second kappa shape index (κ2) is 7.31. The van der Waals surface area contributed by atoms with Gasteiger partial charge in [0, 0.05) is 17.6 Å². The molecular formula is C19H20N2O4S. The first kappa shape index (κ1) is 18.2. The van der Waals surface area contributed by atoms with E-state index in [1.807, 2.05) is 25.1 Å². The molecule has 0 fully saturated rings. The van der Waals surface area contributed by atoms with Crippen LogP contribution in [-0.2, 0) is 16.4 Å². The number of H-pyrrole nitrogens is 1. The number of rotatable bonds is 6. The lowest BCUT2D eigenvalue weighted by atomic mass is 10.1. The lowest BCUT2D eigenvalue weighted by molar-refractivity contribution is 0.414. The summed E-state index contributed by atoms with van der Waals surface area (Å²) in [4.78, 5) is 15.2. The number of nitrogens with one attached hydrogen (secondary N) is 2. The molecule has 2 aromatic carbocycles. The van der Waals surface area contributed by atoms with Crippen LogP contribution >= 0.6 is 0 Å². The monoisotopic (exact) mass is 372 g/mol. The van der Waals surface area contributed by atoms with Gasteiger partial charge in [-0.25, -0.2) is 13.1 Å². The predicted molar refractivity (Wildman–Crippen MR) is 101 cm³/mol. The zero-order chi connectivity index (χ0) is 18.7. The van der Waals surface area contributed by atoms with Crippen molar-refractivity contribution in [1.29, 1.82) is 0 Å². The van der Waals surface area contributed by atoms with Gasteiger partial charge in [-0.15, -0.1) is 0 Å². The van der Waals surface area contributed by atoms with Gasteiger partial charge in [0.15, 0.2) is 0 Å². The first-order chi connectivity index (χ1) is 12.4. The SMILES string of the molecule is COc1ccc(S(=O)(=O)NCCc2cc3ccc(C)cc3[nH]c2=O)cc1.